The normalized spacial score (nSPS) is 26.2. The van der Waals surface area contributed by atoms with E-state index in [4.69, 9.17) is 4.74 Å². The Morgan fingerprint density at radius 2 is 1.95 bits per heavy atom. The van der Waals surface area contributed by atoms with Crippen molar-refractivity contribution in [2.75, 3.05) is 26.7 Å². The monoisotopic (exact) mass is 319 g/mol. The third-order valence-electron chi connectivity index (χ3n) is 4.08. The molecule has 2 aliphatic rings. The summed E-state index contributed by atoms with van der Waals surface area (Å²) in [6.45, 7) is 6.03. The predicted octanol–water partition coefficient (Wildman–Crippen LogP) is 0.852. The zero-order valence-electron chi connectivity index (χ0n) is 13.4. The molecule has 1 saturated carbocycles. The van der Waals surface area contributed by atoms with Gasteiger partial charge in [-0.15, -0.1) is 0 Å². The maximum absolute atomic E-state index is 12.3. The zero-order valence-corrected chi connectivity index (χ0v) is 14.2. The van der Waals surface area contributed by atoms with Crippen LogP contribution in [0.25, 0.3) is 0 Å². The minimum Gasteiger partial charge on any atom is -0.375 e. The molecule has 0 spiro atoms. The highest BCUT2D eigenvalue weighted by Crippen LogP contribution is 2.24. The Hall–Kier alpha value is -0.210. The van der Waals surface area contributed by atoms with Crippen LogP contribution in [0, 0.1) is 0 Å². The maximum atomic E-state index is 12.3. The van der Waals surface area contributed by atoms with Crippen LogP contribution in [0.2, 0.25) is 0 Å². The molecule has 2 fully saturated rings. The Labute approximate surface area is 128 Å². The molecule has 0 aromatic carbocycles. The molecule has 124 valence electrons. The molecule has 0 bridgehead atoms. The van der Waals surface area contributed by atoms with E-state index in [0.717, 1.165) is 19.4 Å². The highest BCUT2D eigenvalue weighted by molar-refractivity contribution is 7.87. The summed E-state index contributed by atoms with van der Waals surface area (Å²) in [7, 11) is -1.75. The molecule has 1 unspecified atom stereocenters. The summed E-state index contributed by atoms with van der Waals surface area (Å²) in [5, 5.41) is 3.40. The first kappa shape index (κ1) is 17.1. The van der Waals surface area contributed by atoms with Gasteiger partial charge in [-0.2, -0.15) is 17.4 Å². The second-order valence-corrected chi connectivity index (χ2v) is 8.63. The topological polar surface area (TPSA) is 70.7 Å². The summed E-state index contributed by atoms with van der Waals surface area (Å²) in [6.07, 6.45) is 4.81. The zero-order chi connectivity index (χ0) is 15.5. The van der Waals surface area contributed by atoms with Gasteiger partial charge in [0.2, 0.25) is 0 Å². The first-order valence-electron chi connectivity index (χ1n) is 7.89. The summed E-state index contributed by atoms with van der Waals surface area (Å²) in [4.78, 5) is 0. The molecule has 7 heteroatoms. The highest BCUT2D eigenvalue weighted by Gasteiger charge is 2.32. The third kappa shape index (κ3) is 5.83. The van der Waals surface area contributed by atoms with Crippen LogP contribution in [-0.2, 0) is 14.9 Å². The van der Waals surface area contributed by atoms with Crippen molar-refractivity contribution >= 4 is 10.2 Å². The third-order valence-corrected chi connectivity index (χ3v) is 5.72. The molecule has 21 heavy (non-hydrogen) atoms. The number of hydrogen-bond donors (Lipinski definition) is 2. The molecule has 6 nitrogen and oxygen atoms in total. The van der Waals surface area contributed by atoms with Crippen molar-refractivity contribution in [1.82, 2.24) is 14.3 Å². The summed E-state index contributed by atoms with van der Waals surface area (Å²) < 4.78 is 34.5. The Morgan fingerprint density at radius 1 is 1.24 bits per heavy atom. The van der Waals surface area contributed by atoms with Crippen molar-refractivity contribution in [2.45, 2.75) is 63.6 Å². The second kappa shape index (κ2) is 6.91. The fourth-order valence-electron chi connectivity index (χ4n) is 2.65. The lowest BCUT2D eigenvalue weighted by Gasteiger charge is -2.36. The summed E-state index contributed by atoms with van der Waals surface area (Å²) in [6, 6.07) is 0.639. The van der Waals surface area contributed by atoms with E-state index in [-0.39, 0.29) is 11.6 Å². The largest absolute Gasteiger partial charge is 0.375 e. The Kier molecular flexibility index (Phi) is 5.65. The van der Waals surface area contributed by atoms with Crippen molar-refractivity contribution in [2.24, 2.45) is 0 Å². The molecule has 1 atom stereocenters. The fraction of sp³-hybridized carbons (Fsp3) is 1.00. The average Bonchev–Trinajstić information content (AvgIpc) is 3.16. The molecule has 2 rings (SSSR count). The molecule has 0 aromatic heterocycles. The number of nitrogens with zero attached hydrogens (tertiary/aromatic N) is 1. The van der Waals surface area contributed by atoms with Crippen LogP contribution < -0.4 is 10.0 Å². The van der Waals surface area contributed by atoms with E-state index < -0.39 is 10.2 Å². The maximum Gasteiger partial charge on any atom is 0.279 e. The van der Waals surface area contributed by atoms with Gasteiger partial charge in [-0.3, -0.25) is 0 Å². The van der Waals surface area contributed by atoms with Crippen LogP contribution in [0.5, 0.6) is 0 Å². The quantitative estimate of drug-likeness (QED) is 0.651. The van der Waals surface area contributed by atoms with E-state index in [1.165, 1.54) is 17.1 Å². The first-order valence-corrected chi connectivity index (χ1v) is 9.33. The Morgan fingerprint density at radius 3 is 2.57 bits per heavy atom. The van der Waals surface area contributed by atoms with Gasteiger partial charge in [0.05, 0.1) is 5.60 Å². The molecule has 1 aliphatic heterocycles. The molecular formula is C14H29N3O3S. The molecule has 0 radical (unpaired) electrons. The first-order chi connectivity index (χ1) is 9.78. The summed E-state index contributed by atoms with van der Waals surface area (Å²) in [5.74, 6) is 0. The van der Waals surface area contributed by atoms with Gasteiger partial charge in [0.1, 0.15) is 0 Å². The van der Waals surface area contributed by atoms with Gasteiger partial charge in [0, 0.05) is 32.3 Å². The SMILES string of the molecule is CN(CCCNC1CC1)S(=O)(=O)NC1CCOC(C)(C)C1. The average molecular weight is 319 g/mol. The molecule has 0 aromatic rings. The minimum absolute atomic E-state index is 0.0363. The lowest BCUT2D eigenvalue weighted by Crippen LogP contribution is -2.49. The molecule has 1 aliphatic carbocycles. The van der Waals surface area contributed by atoms with E-state index >= 15 is 0 Å². The minimum atomic E-state index is -3.40. The van der Waals surface area contributed by atoms with Crippen LogP contribution in [0.3, 0.4) is 0 Å². The van der Waals surface area contributed by atoms with Crippen LogP contribution in [0.1, 0.15) is 46.0 Å². The van der Waals surface area contributed by atoms with Gasteiger partial charge in [-0.05, 0) is 52.5 Å². The summed E-state index contributed by atoms with van der Waals surface area (Å²) in [5.41, 5.74) is -0.252. The van der Waals surface area contributed by atoms with E-state index in [1.54, 1.807) is 7.05 Å². The van der Waals surface area contributed by atoms with Crippen molar-refractivity contribution in [3.8, 4) is 0 Å². The van der Waals surface area contributed by atoms with Crippen LogP contribution >= 0.6 is 0 Å². The van der Waals surface area contributed by atoms with Crippen molar-refractivity contribution in [3.63, 3.8) is 0 Å². The van der Waals surface area contributed by atoms with Crippen LogP contribution in [0.15, 0.2) is 0 Å². The fourth-order valence-corrected chi connectivity index (χ4v) is 3.82. The summed E-state index contributed by atoms with van der Waals surface area (Å²) >= 11 is 0. The standard InChI is InChI=1S/C14H29N3O3S/c1-14(2)11-13(7-10-20-14)16-21(18,19)17(3)9-4-8-15-12-5-6-12/h12-13,15-16H,4-11H2,1-3H3. The van der Waals surface area contributed by atoms with Crippen LogP contribution in [-0.4, -0.2) is 57.2 Å². The lowest BCUT2D eigenvalue weighted by molar-refractivity contribution is -0.0600. The van der Waals surface area contributed by atoms with Gasteiger partial charge in [-0.25, -0.2) is 0 Å². The van der Waals surface area contributed by atoms with E-state index in [0.29, 0.717) is 25.6 Å². The number of nitrogens with one attached hydrogen (secondary N) is 2. The van der Waals surface area contributed by atoms with Gasteiger partial charge in [0.25, 0.3) is 10.2 Å². The van der Waals surface area contributed by atoms with E-state index in [2.05, 4.69) is 10.0 Å². The Balaban J connectivity index is 1.73. The van der Waals surface area contributed by atoms with Crippen molar-refractivity contribution in [3.05, 3.63) is 0 Å². The van der Waals surface area contributed by atoms with Crippen LogP contribution in [0.4, 0.5) is 0 Å². The Bertz CT molecular complexity index is 435. The molecule has 2 N–H and O–H groups in total. The van der Waals surface area contributed by atoms with Gasteiger partial charge in [-0.1, -0.05) is 0 Å². The predicted molar refractivity (Wildman–Crippen MR) is 83.4 cm³/mol. The van der Waals surface area contributed by atoms with Gasteiger partial charge < -0.3 is 10.1 Å². The molecule has 1 saturated heterocycles. The smallest absolute Gasteiger partial charge is 0.279 e. The number of hydrogen-bond acceptors (Lipinski definition) is 4. The van der Waals surface area contributed by atoms with Crippen molar-refractivity contribution in [1.29, 1.82) is 0 Å². The molecule has 1 heterocycles. The number of rotatable bonds is 8. The van der Waals surface area contributed by atoms with E-state index in [9.17, 15) is 8.42 Å². The lowest BCUT2D eigenvalue weighted by atomic mass is 9.95. The van der Waals surface area contributed by atoms with Crippen molar-refractivity contribution < 1.29 is 13.2 Å². The molecular weight excluding hydrogens is 290 g/mol. The highest BCUT2D eigenvalue weighted by atomic mass is 32.2. The number of ether oxygens (including phenoxy) is 1. The second-order valence-electron chi connectivity index (χ2n) is 6.82. The van der Waals surface area contributed by atoms with E-state index in [1.807, 2.05) is 13.8 Å². The molecule has 0 amide bonds. The van der Waals surface area contributed by atoms with Gasteiger partial charge >= 0.3 is 0 Å². The van der Waals surface area contributed by atoms with Gasteiger partial charge in [0.15, 0.2) is 0 Å².